The fraction of sp³-hybridized carbons (Fsp3) is 0.238. The molecule has 0 spiro atoms. The third-order valence-corrected chi connectivity index (χ3v) is 3.50. The predicted octanol–water partition coefficient (Wildman–Crippen LogP) is 4.94. The lowest BCUT2D eigenvalue weighted by Crippen LogP contribution is -2.27. The maximum Gasteiger partial charge on any atom is 0.412 e. The van der Waals surface area contributed by atoms with Gasteiger partial charge in [-0.1, -0.05) is 18.7 Å². The molecular weight excluding hydrogens is 330 g/mol. The second-order valence-electron chi connectivity index (χ2n) is 6.74. The molecule has 0 saturated heterocycles. The summed E-state index contributed by atoms with van der Waals surface area (Å²) >= 11 is 0. The van der Waals surface area contributed by atoms with E-state index >= 15 is 0 Å². The topological polar surface area (TPSA) is 64.6 Å². The van der Waals surface area contributed by atoms with Gasteiger partial charge in [0.2, 0.25) is 0 Å². The van der Waals surface area contributed by atoms with E-state index in [0.717, 1.165) is 5.56 Å². The Labute approximate surface area is 153 Å². The number of allylic oxidation sites excluding steroid dienone is 1. The molecule has 5 heteroatoms. The van der Waals surface area contributed by atoms with Gasteiger partial charge in [-0.15, -0.1) is 0 Å². The van der Waals surface area contributed by atoms with Gasteiger partial charge < -0.3 is 9.47 Å². The van der Waals surface area contributed by atoms with Gasteiger partial charge in [0.05, 0.1) is 7.11 Å². The Hall–Kier alpha value is -3.08. The monoisotopic (exact) mass is 353 g/mol. The van der Waals surface area contributed by atoms with Crippen molar-refractivity contribution in [3.63, 3.8) is 0 Å². The second-order valence-corrected chi connectivity index (χ2v) is 6.74. The van der Waals surface area contributed by atoms with Crippen LogP contribution in [-0.2, 0) is 4.74 Å². The molecule has 0 bridgehead atoms. The van der Waals surface area contributed by atoms with Crippen LogP contribution in [0, 0.1) is 0 Å². The maximum absolute atomic E-state index is 12.6. The van der Waals surface area contributed by atoms with E-state index in [0.29, 0.717) is 22.6 Å². The van der Waals surface area contributed by atoms with E-state index in [1.165, 1.54) is 0 Å². The lowest BCUT2D eigenvalue weighted by Gasteiger charge is -2.19. The van der Waals surface area contributed by atoms with E-state index < -0.39 is 11.7 Å². The quantitative estimate of drug-likeness (QED) is 0.611. The van der Waals surface area contributed by atoms with E-state index in [1.54, 1.807) is 76.4 Å². The van der Waals surface area contributed by atoms with Gasteiger partial charge in [0.1, 0.15) is 11.4 Å². The van der Waals surface area contributed by atoms with E-state index in [9.17, 15) is 9.59 Å². The van der Waals surface area contributed by atoms with Crippen molar-refractivity contribution >= 4 is 23.1 Å². The molecule has 0 aromatic heterocycles. The summed E-state index contributed by atoms with van der Waals surface area (Å²) in [5.74, 6) is 0.533. The first kappa shape index (κ1) is 19.2. The van der Waals surface area contributed by atoms with Gasteiger partial charge in [-0.25, -0.2) is 4.79 Å². The highest BCUT2D eigenvalue weighted by Crippen LogP contribution is 2.22. The second kappa shape index (κ2) is 7.87. The first-order valence-electron chi connectivity index (χ1n) is 8.18. The Kier molecular flexibility index (Phi) is 5.82. The number of carbonyl (C=O) groups excluding carboxylic acids is 2. The molecule has 0 fully saturated rings. The number of methoxy groups -OCH3 is 1. The van der Waals surface area contributed by atoms with Crippen molar-refractivity contribution in [2.45, 2.75) is 26.4 Å². The van der Waals surface area contributed by atoms with E-state index in [2.05, 4.69) is 11.9 Å². The molecular formula is C21H23NO4. The van der Waals surface area contributed by atoms with Crippen LogP contribution < -0.4 is 10.1 Å². The van der Waals surface area contributed by atoms with Crippen LogP contribution in [0.15, 0.2) is 55.1 Å². The summed E-state index contributed by atoms with van der Waals surface area (Å²) in [4.78, 5) is 24.3. The highest BCUT2D eigenvalue weighted by atomic mass is 16.6. The van der Waals surface area contributed by atoms with Gasteiger partial charge in [-0.3, -0.25) is 10.1 Å². The minimum absolute atomic E-state index is 0.181. The summed E-state index contributed by atoms with van der Waals surface area (Å²) in [7, 11) is 1.59. The van der Waals surface area contributed by atoms with Crippen LogP contribution in [0.1, 0.15) is 36.7 Å². The smallest absolute Gasteiger partial charge is 0.412 e. The van der Waals surface area contributed by atoms with Gasteiger partial charge in [0, 0.05) is 16.8 Å². The first-order valence-corrected chi connectivity index (χ1v) is 8.18. The van der Waals surface area contributed by atoms with Crippen LogP contribution in [0.2, 0.25) is 0 Å². The van der Waals surface area contributed by atoms with Crippen molar-refractivity contribution in [1.29, 1.82) is 0 Å². The summed E-state index contributed by atoms with van der Waals surface area (Å²) in [5.41, 5.74) is 1.58. The number of benzene rings is 2. The molecule has 2 aromatic carbocycles. The SMILES string of the molecule is C=C(C(=O)c1ccc(NC(=O)OC(C)(C)C)cc1)c1ccc(OC)cc1. The summed E-state index contributed by atoms with van der Waals surface area (Å²) in [6.45, 7) is 9.26. The Morgan fingerprint density at radius 1 is 0.923 bits per heavy atom. The number of Topliss-reactive ketones (excluding diaryl/α,β-unsaturated/α-hetero) is 1. The summed E-state index contributed by atoms with van der Waals surface area (Å²) < 4.78 is 10.3. The van der Waals surface area contributed by atoms with Gasteiger partial charge in [-0.2, -0.15) is 0 Å². The molecule has 0 unspecified atom stereocenters. The van der Waals surface area contributed by atoms with Crippen molar-refractivity contribution in [3.05, 3.63) is 66.2 Å². The highest BCUT2D eigenvalue weighted by Gasteiger charge is 2.17. The standard InChI is InChI=1S/C21H23NO4/c1-14(15-8-12-18(25-5)13-9-15)19(23)16-6-10-17(11-7-16)22-20(24)26-21(2,3)4/h6-13H,1H2,2-5H3,(H,22,24). The Bertz CT molecular complexity index is 799. The molecule has 0 aliphatic carbocycles. The van der Waals surface area contributed by atoms with Crippen molar-refractivity contribution in [1.82, 2.24) is 0 Å². The molecule has 0 heterocycles. The molecule has 1 N–H and O–H groups in total. The molecule has 0 aliphatic heterocycles. The largest absolute Gasteiger partial charge is 0.497 e. The van der Waals surface area contributed by atoms with Crippen LogP contribution in [0.5, 0.6) is 5.75 Å². The molecule has 0 atom stereocenters. The zero-order chi connectivity index (χ0) is 19.3. The van der Waals surface area contributed by atoms with E-state index in [-0.39, 0.29) is 5.78 Å². The van der Waals surface area contributed by atoms with Crippen molar-refractivity contribution < 1.29 is 19.1 Å². The molecule has 0 saturated carbocycles. The third kappa shape index (κ3) is 5.21. The number of hydrogen-bond donors (Lipinski definition) is 1. The van der Waals surface area contributed by atoms with E-state index in [4.69, 9.17) is 9.47 Å². The summed E-state index contributed by atoms with van der Waals surface area (Å²) in [5, 5.41) is 2.63. The van der Waals surface area contributed by atoms with Gasteiger partial charge >= 0.3 is 6.09 Å². The number of hydrogen-bond acceptors (Lipinski definition) is 4. The van der Waals surface area contributed by atoms with Crippen LogP contribution in [0.4, 0.5) is 10.5 Å². The van der Waals surface area contributed by atoms with Crippen molar-refractivity contribution in [2.24, 2.45) is 0 Å². The summed E-state index contributed by atoms with van der Waals surface area (Å²) in [6.07, 6.45) is -0.542. The van der Waals surface area contributed by atoms with Gasteiger partial charge in [0.15, 0.2) is 5.78 Å². The molecule has 1 amide bonds. The number of nitrogens with one attached hydrogen (secondary N) is 1. The molecule has 26 heavy (non-hydrogen) atoms. The minimum atomic E-state index is -0.573. The average molecular weight is 353 g/mol. The Morgan fingerprint density at radius 3 is 1.96 bits per heavy atom. The van der Waals surface area contributed by atoms with Crippen molar-refractivity contribution in [3.8, 4) is 5.75 Å². The fourth-order valence-corrected chi connectivity index (χ4v) is 2.22. The maximum atomic E-state index is 12.6. The Balaban J connectivity index is 2.05. The molecule has 2 rings (SSSR count). The number of amides is 1. The zero-order valence-corrected chi connectivity index (χ0v) is 15.5. The van der Waals surface area contributed by atoms with Gasteiger partial charge in [-0.05, 0) is 62.7 Å². The fourth-order valence-electron chi connectivity index (χ4n) is 2.22. The van der Waals surface area contributed by atoms with Crippen LogP contribution in [0.3, 0.4) is 0 Å². The lowest BCUT2D eigenvalue weighted by molar-refractivity contribution is 0.0636. The normalized spacial score (nSPS) is 10.8. The molecule has 0 aliphatic rings. The van der Waals surface area contributed by atoms with Gasteiger partial charge in [0.25, 0.3) is 0 Å². The first-order chi connectivity index (χ1) is 12.2. The van der Waals surface area contributed by atoms with E-state index in [1.807, 2.05) is 0 Å². The average Bonchev–Trinajstić information content (AvgIpc) is 2.59. The van der Waals surface area contributed by atoms with Crippen LogP contribution in [0.25, 0.3) is 5.57 Å². The number of carbonyl (C=O) groups is 2. The molecule has 5 nitrogen and oxygen atoms in total. The highest BCUT2D eigenvalue weighted by molar-refractivity contribution is 6.28. The molecule has 136 valence electrons. The number of rotatable bonds is 5. The number of ketones is 1. The predicted molar refractivity (Wildman–Crippen MR) is 103 cm³/mol. The number of ether oxygens (including phenoxy) is 2. The summed E-state index contributed by atoms with van der Waals surface area (Å²) in [6, 6.07) is 13.7. The Morgan fingerprint density at radius 2 is 1.46 bits per heavy atom. The molecule has 0 radical (unpaired) electrons. The van der Waals surface area contributed by atoms with Crippen molar-refractivity contribution in [2.75, 3.05) is 12.4 Å². The molecule has 2 aromatic rings. The lowest BCUT2D eigenvalue weighted by atomic mass is 9.98. The van der Waals surface area contributed by atoms with Crippen LogP contribution in [-0.4, -0.2) is 24.6 Å². The zero-order valence-electron chi connectivity index (χ0n) is 15.5. The third-order valence-electron chi connectivity index (χ3n) is 3.50. The number of anilines is 1. The minimum Gasteiger partial charge on any atom is -0.497 e. The van der Waals surface area contributed by atoms with Crippen LogP contribution >= 0.6 is 0 Å².